The van der Waals surface area contributed by atoms with Gasteiger partial charge < -0.3 is 4.74 Å². The van der Waals surface area contributed by atoms with Crippen LogP contribution in [0.3, 0.4) is 0 Å². The highest BCUT2D eigenvalue weighted by atomic mass is 19.2. The molecule has 0 radical (unpaired) electrons. The molecule has 1 heterocycles. The number of aryl methyl sites for hydroxylation is 1. The quantitative estimate of drug-likeness (QED) is 0.0725. The third-order valence-corrected chi connectivity index (χ3v) is 7.65. The van der Waals surface area contributed by atoms with Gasteiger partial charge in [-0.1, -0.05) is 102 Å². The van der Waals surface area contributed by atoms with E-state index in [1.165, 1.54) is 81.4 Å². The van der Waals surface area contributed by atoms with E-state index < -0.39 is 23.3 Å². The standard InChI is InChI=1S/C37H40F4N2O/c1-3-5-7-8-9-10-11-12-14-33-42-24-28(25-43-33)31-20-19-29(34(38)35(31)39)26-15-17-27(18-16-26)30-21-22-32(37(41)36(30)40)44-23-13-6-4-2/h13,15-25H,3-12,14H2,1-2H3. The fraction of sp³-hybridized carbons (Fsp3) is 0.351. The Morgan fingerprint density at radius 1 is 0.568 bits per heavy atom. The van der Waals surface area contributed by atoms with Crippen molar-refractivity contribution in [1.82, 2.24) is 9.97 Å². The van der Waals surface area contributed by atoms with E-state index in [-0.39, 0.29) is 22.4 Å². The number of rotatable bonds is 16. The van der Waals surface area contributed by atoms with Gasteiger partial charge in [-0.2, -0.15) is 4.39 Å². The fourth-order valence-electron chi connectivity index (χ4n) is 5.07. The van der Waals surface area contributed by atoms with E-state index in [0.29, 0.717) is 22.5 Å². The van der Waals surface area contributed by atoms with Gasteiger partial charge in [0.15, 0.2) is 23.2 Å². The Hall–Kier alpha value is -4.00. The maximum atomic E-state index is 15.2. The van der Waals surface area contributed by atoms with E-state index in [2.05, 4.69) is 16.9 Å². The number of aromatic nitrogens is 2. The van der Waals surface area contributed by atoms with E-state index in [1.54, 1.807) is 30.3 Å². The third kappa shape index (κ3) is 8.55. The summed E-state index contributed by atoms with van der Waals surface area (Å²) in [5, 5.41) is 0. The van der Waals surface area contributed by atoms with E-state index in [0.717, 1.165) is 32.1 Å². The van der Waals surface area contributed by atoms with Gasteiger partial charge >= 0.3 is 0 Å². The lowest BCUT2D eigenvalue weighted by atomic mass is 9.97. The molecule has 44 heavy (non-hydrogen) atoms. The molecule has 0 fully saturated rings. The molecule has 0 saturated carbocycles. The van der Waals surface area contributed by atoms with Crippen molar-refractivity contribution in [3.63, 3.8) is 0 Å². The van der Waals surface area contributed by atoms with Crippen molar-refractivity contribution in [2.45, 2.75) is 84.5 Å². The van der Waals surface area contributed by atoms with Crippen LogP contribution in [0.15, 0.2) is 73.3 Å². The van der Waals surface area contributed by atoms with Gasteiger partial charge in [0.2, 0.25) is 5.82 Å². The topological polar surface area (TPSA) is 35.0 Å². The number of nitrogens with zero attached hydrogens (tertiary/aromatic N) is 2. The Balaban J connectivity index is 1.40. The molecule has 0 amide bonds. The molecule has 3 nitrogen and oxygen atoms in total. The summed E-state index contributed by atoms with van der Waals surface area (Å²) in [7, 11) is 0. The van der Waals surface area contributed by atoms with Crippen LogP contribution in [-0.2, 0) is 6.42 Å². The number of hydrogen-bond donors (Lipinski definition) is 0. The van der Waals surface area contributed by atoms with Crippen molar-refractivity contribution in [3.05, 3.63) is 102 Å². The maximum absolute atomic E-state index is 15.2. The van der Waals surface area contributed by atoms with Gasteiger partial charge in [0, 0.05) is 41.1 Å². The molecule has 0 unspecified atom stereocenters. The first-order valence-electron chi connectivity index (χ1n) is 15.6. The van der Waals surface area contributed by atoms with E-state index in [1.807, 2.05) is 6.92 Å². The van der Waals surface area contributed by atoms with Gasteiger partial charge in [0.1, 0.15) is 5.82 Å². The van der Waals surface area contributed by atoms with E-state index in [4.69, 9.17) is 4.74 Å². The van der Waals surface area contributed by atoms with Crippen molar-refractivity contribution < 1.29 is 22.3 Å². The van der Waals surface area contributed by atoms with Crippen molar-refractivity contribution in [2.75, 3.05) is 0 Å². The summed E-state index contributed by atoms with van der Waals surface area (Å²) < 4.78 is 65.1. The summed E-state index contributed by atoms with van der Waals surface area (Å²) >= 11 is 0. The van der Waals surface area contributed by atoms with Gasteiger partial charge in [-0.05, 0) is 42.2 Å². The molecule has 232 valence electrons. The molecular weight excluding hydrogens is 564 g/mol. The van der Waals surface area contributed by atoms with Crippen molar-refractivity contribution >= 4 is 0 Å². The van der Waals surface area contributed by atoms with Crippen molar-refractivity contribution in [2.24, 2.45) is 0 Å². The molecule has 0 aliphatic rings. The zero-order valence-corrected chi connectivity index (χ0v) is 25.5. The van der Waals surface area contributed by atoms with Crippen molar-refractivity contribution in [3.8, 4) is 39.1 Å². The highest BCUT2D eigenvalue weighted by molar-refractivity contribution is 5.74. The average Bonchev–Trinajstić information content (AvgIpc) is 3.04. The Morgan fingerprint density at radius 2 is 1.07 bits per heavy atom. The lowest BCUT2D eigenvalue weighted by Gasteiger charge is -2.11. The van der Waals surface area contributed by atoms with Crippen molar-refractivity contribution in [1.29, 1.82) is 0 Å². The summed E-state index contributed by atoms with van der Waals surface area (Å²) in [6.45, 7) is 4.21. The second-order valence-electron chi connectivity index (χ2n) is 11.0. The van der Waals surface area contributed by atoms with Crippen LogP contribution in [0.25, 0.3) is 33.4 Å². The van der Waals surface area contributed by atoms with Crippen LogP contribution in [0.5, 0.6) is 5.75 Å². The zero-order valence-electron chi connectivity index (χ0n) is 25.5. The molecule has 0 spiro atoms. The maximum Gasteiger partial charge on any atom is 0.201 e. The molecule has 0 atom stereocenters. The highest BCUT2D eigenvalue weighted by Crippen LogP contribution is 2.34. The van der Waals surface area contributed by atoms with Gasteiger partial charge in [0.25, 0.3) is 0 Å². The fourth-order valence-corrected chi connectivity index (χ4v) is 5.07. The monoisotopic (exact) mass is 604 g/mol. The number of ether oxygens (including phenoxy) is 1. The number of unbranched alkanes of at least 4 members (excludes halogenated alkanes) is 8. The average molecular weight is 605 g/mol. The minimum absolute atomic E-state index is 0.0341. The molecule has 0 aliphatic heterocycles. The number of halogens is 4. The second kappa shape index (κ2) is 16.7. The Kier molecular flexibility index (Phi) is 12.5. The second-order valence-corrected chi connectivity index (χ2v) is 11.0. The van der Waals surface area contributed by atoms with Crippen LogP contribution in [0.4, 0.5) is 17.6 Å². The molecule has 0 N–H and O–H groups in total. The Bertz CT molecular complexity index is 1520. The van der Waals surface area contributed by atoms with Gasteiger partial charge in [-0.15, -0.1) is 0 Å². The SMILES string of the molecule is CCCC=COc1ccc(-c2ccc(-c3ccc(-c4cnc(CCCCCCCCCC)nc4)c(F)c3F)cc2)c(F)c1F. The highest BCUT2D eigenvalue weighted by Gasteiger charge is 2.18. The Morgan fingerprint density at radius 3 is 1.64 bits per heavy atom. The summed E-state index contributed by atoms with van der Waals surface area (Å²) in [5.74, 6) is -3.67. The lowest BCUT2D eigenvalue weighted by Crippen LogP contribution is -1.98. The first-order chi connectivity index (χ1) is 21.4. The largest absolute Gasteiger partial charge is 0.462 e. The van der Waals surface area contributed by atoms with Crippen LogP contribution < -0.4 is 4.74 Å². The Labute approximate surface area is 258 Å². The van der Waals surface area contributed by atoms with E-state index in [9.17, 15) is 8.78 Å². The van der Waals surface area contributed by atoms with E-state index >= 15 is 8.78 Å². The summed E-state index contributed by atoms with van der Waals surface area (Å²) in [6.07, 6.45) is 18.3. The number of allylic oxidation sites excluding steroid dienone is 1. The predicted octanol–water partition coefficient (Wildman–Crippen LogP) is 11.4. The molecular formula is C37H40F4N2O. The predicted molar refractivity (Wildman–Crippen MR) is 169 cm³/mol. The van der Waals surface area contributed by atoms with Crippen LogP contribution in [0.2, 0.25) is 0 Å². The first-order valence-corrected chi connectivity index (χ1v) is 15.6. The van der Waals surface area contributed by atoms with Gasteiger partial charge in [-0.3, -0.25) is 0 Å². The lowest BCUT2D eigenvalue weighted by molar-refractivity contribution is 0.414. The number of benzene rings is 3. The smallest absolute Gasteiger partial charge is 0.201 e. The molecule has 4 aromatic rings. The molecule has 0 bridgehead atoms. The van der Waals surface area contributed by atoms with Gasteiger partial charge in [0.05, 0.1) is 6.26 Å². The van der Waals surface area contributed by atoms with Crippen LogP contribution in [0.1, 0.15) is 83.9 Å². The van der Waals surface area contributed by atoms with Gasteiger partial charge in [-0.25, -0.2) is 23.1 Å². The summed E-state index contributed by atoms with van der Waals surface area (Å²) in [4.78, 5) is 8.75. The van der Waals surface area contributed by atoms with Crippen LogP contribution in [0, 0.1) is 23.3 Å². The first kappa shape index (κ1) is 32.9. The number of hydrogen-bond acceptors (Lipinski definition) is 3. The minimum Gasteiger partial charge on any atom is -0.462 e. The zero-order chi connectivity index (χ0) is 31.3. The van der Waals surface area contributed by atoms with Crippen LogP contribution >= 0.6 is 0 Å². The normalized spacial score (nSPS) is 11.4. The summed E-state index contributed by atoms with van der Waals surface area (Å²) in [5.41, 5.74) is 1.35. The summed E-state index contributed by atoms with van der Waals surface area (Å²) in [6, 6.07) is 12.0. The van der Waals surface area contributed by atoms with Crippen LogP contribution in [-0.4, -0.2) is 9.97 Å². The molecule has 4 rings (SSSR count). The minimum atomic E-state index is -1.10. The molecule has 0 aliphatic carbocycles. The molecule has 0 saturated heterocycles. The molecule has 1 aromatic heterocycles. The third-order valence-electron chi connectivity index (χ3n) is 7.65. The molecule has 7 heteroatoms. The molecule has 3 aromatic carbocycles.